The summed E-state index contributed by atoms with van der Waals surface area (Å²) in [5.41, 5.74) is 6.60. The molecule has 2 amide bonds. The molecular weight excluding hydrogens is 474 g/mol. The van der Waals surface area contributed by atoms with Gasteiger partial charge in [-0.05, 0) is 46.3 Å². The van der Waals surface area contributed by atoms with Crippen LogP contribution in [0.25, 0.3) is 17.1 Å². The Bertz CT molecular complexity index is 1200. The van der Waals surface area contributed by atoms with Crippen LogP contribution in [0, 0.1) is 0 Å². The molecule has 160 valence electrons. The Morgan fingerprint density at radius 1 is 0.906 bits per heavy atom. The van der Waals surface area contributed by atoms with Crippen molar-refractivity contribution < 1.29 is 14.3 Å². The number of rotatable bonds is 5. The van der Waals surface area contributed by atoms with Gasteiger partial charge in [0.2, 0.25) is 5.82 Å². The predicted molar refractivity (Wildman–Crippen MR) is 122 cm³/mol. The van der Waals surface area contributed by atoms with Crippen LogP contribution in [0.15, 0.2) is 83.3 Å². The zero-order chi connectivity index (χ0) is 22.5. The molecule has 4 aromatic rings. The smallest absolute Gasteiger partial charge is 0.309 e. The number of ether oxygens (including phenoxy) is 1. The van der Waals surface area contributed by atoms with Crippen molar-refractivity contribution in [3.63, 3.8) is 0 Å². The highest BCUT2D eigenvalue weighted by Gasteiger charge is 2.20. The summed E-state index contributed by atoms with van der Waals surface area (Å²) >= 11 is 3.32. The lowest BCUT2D eigenvalue weighted by Crippen LogP contribution is -2.42. The SMILES string of the molecule is COc1ccc(Br)c(C(=O)NNC(=O)c2nc(-c3ccccc3)n(-c3ccccc3)n2)c1. The van der Waals surface area contributed by atoms with E-state index in [1.807, 2.05) is 60.7 Å². The number of hydrogen-bond donors (Lipinski definition) is 2. The molecule has 0 atom stereocenters. The van der Waals surface area contributed by atoms with Gasteiger partial charge >= 0.3 is 5.91 Å². The maximum Gasteiger partial charge on any atom is 0.309 e. The van der Waals surface area contributed by atoms with E-state index in [0.29, 0.717) is 21.6 Å². The lowest BCUT2D eigenvalue weighted by Gasteiger charge is -2.08. The number of hydrogen-bond acceptors (Lipinski definition) is 5. The fraction of sp³-hybridized carbons (Fsp3) is 0.0435. The number of carbonyl (C=O) groups is 2. The van der Waals surface area contributed by atoms with E-state index in [9.17, 15) is 9.59 Å². The van der Waals surface area contributed by atoms with Crippen molar-refractivity contribution in [2.75, 3.05) is 7.11 Å². The average molecular weight is 492 g/mol. The van der Waals surface area contributed by atoms with E-state index in [2.05, 4.69) is 36.9 Å². The van der Waals surface area contributed by atoms with Crippen molar-refractivity contribution in [1.82, 2.24) is 25.6 Å². The van der Waals surface area contributed by atoms with Crippen LogP contribution in [0.2, 0.25) is 0 Å². The van der Waals surface area contributed by atoms with E-state index in [4.69, 9.17) is 4.74 Å². The number of methoxy groups -OCH3 is 1. The summed E-state index contributed by atoms with van der Waals surface area (Å²) in [6, 6.07) is 23.7. The van der Waals surface area contributed by atoms with Gasteiger partial charge in [0.15, 0.2) is 5.82 Å². The van der Waals surface area contributed by atoms with Gasteiger partial charge in [-0.3, -0.25) is 20.4 Å². The zero-order valence-electron chi connectivity index (χ0n) is 16.9. The van der Waals surface area contributed by atoms with Gasteiger partial charge in [-0.1, -0.05) is 48.5 Å². The Kier molecular flexibility index (Phi) is 6.27. The fourth-order valence-electron chi connectivity index (χ4n) is 2.97. The van der Waals surface area contributed by atoms with Crippen LogP contribution in [0.4, 0.5) is 0 Å². The highest BCUT2D eigenvalue weighted by Crippen LogP contribution is 2.23. The standard InChI is InChI=1S/C23H18BrN5O3/c1-32-17-12-13-19(24)18(14-17)22(30)26-27-23(31)20-25-21(15-8-4-2-5-9-15)29(28-20)16-10-6-3-7-11-16/h2-14H,1H3,(H,26,30)(H,27,31). The Labute approximate surface area is 192 Å². The molecule has 0 unspecified atom stereocenters. The molecule has 1 heterocycles. The molecule has 0 fully saturated rings. The molecule has 0 saturated carbocycles. The lowest BCUT2D eigenvalue weighted by molar-refractivity contribution is 0.0840. The molecule has 0 saturated heterocycles. The van der Waals surface area contributed by atoms with Crippen molar-refractivity contribution in [3.8, 4) is 22.8 Å². The van der Waals surface area contributed by atoms with Gasteiger partial charge < -0.3 is 4.74 Å². The van der Waals surface area contributed by atoms with Crippen LogP contribution in [0.1, 0.15) is 21.0 Å². The van der Waals surface area contributed by atoms with Crippen molar-refractivity contribution >= 4 is 27.7 Å². The van der Waals surface area contributed by atoms with E-state index in [0.717, 1.165) is 11.3 Å². The van der Waals surface area contributed by atoms with Crippen molar-refractivity contribution in [2.24, 2.45) is 0 Å². The van der Waals surface area contributed by atoms with Crippen molar-refractivity contribution in [2.45, 2.75) is 0 Å². The second-order valence-electron chi connectivity index (χ2n) is 6.63. The third-order valence-corrected chi connectivity index (χ3v) is 5.24. The van der Waals surface area contributed by atoms with Gasteiger partial charge in [0.1, 0.15) is 5.75 Å². The molecule has 3 aromatic carbocycles. The third kappa shape index (κ3) is 4.52. The van der Waals surface area contributed by atoms with E-state index < -0.39 is 11.8 Å². The topological polar surface area (TPSA) is 98.1 Å². The number of nitrogens with one attached hydrogen (secondary N) is 2. The summed E-state index contributed by atoms with van der Waals surface area (Å²) in [4.78, 5) is 29.7. The monoisotopic (exact) mass is 491 g/mol. The Hall–Kier alpha value is -3.98. The molecule has 2 N–H and O–H groups in total. The summed E-state index contributed by atoms with van der Waals surface area (Å²) < 4.78 is 7.29. The van der Waals surface area contributed by atoms with E-state index in [1.54, 1.807) is 22.9 Å². The summed E-state index contributed by atoms with van der Waals surface area (Å²) in [6.07, 6.45) is 0. The van der Waals surface area contributed by atoms with Gasteiger partial charge in [-0.15, -0.1) is 5.10 Å². The predicted octanol–water partition coefficient (Wildman–Crippen LogP) is 3.78. The Morgan fingerprint density at radius 3 is 2.25 bits per heavy atom. The van der Waals surface area contributed by atoms with E-state index in [1.165, 1.54) is 7.11 Å². The first-order valence-corrected chi connectivity index (χ1v) is 10.4. The summed E-state index contributed by atoms with van der Waals surface area (Å²) in [5, 5.41) is 4.37. The summed E-state index contributed by atoms with van der Waals surface area (Å²) in [6.45, 7) is 0. The first-order chi connectivity index (χ1) is 15.6. The summed E-state index contributed by atoms with van der Waals surface area (Å²) in [7, 11) is 1.51. The van der Waals surface area contributed by atoms with Crippen LogP contribution in [0.5, 0.6) is 5.75 Å². The molecule has 0 radical (unpaired) electrons. The zero-order valence-corrected chi connectivity index (χ0v) is 18.5. The lowest BCUT2D eigenvalue weighted by atomic mass is 10.2. The molecule has 0 spiro atoms. The van der Waals surface area contributed by atoms with Crippen LogP contribution in [-0.2, 0) is 0 Å². The number of hydrazine groups is 1. The second kappa shape index (κ2) is 9.44. The van der Waals surface area contributed by atoms with Gasteiger partial charge in [-0.2, -0.15) is 0 Å². The van der Waals surface area contributed by atoms with E-state index >= 15 is 0 Å². The molecule has 8 nitrogen and oxygen atoms in total. The molecule has 0 aliphatic heterocycles. The molecule has 9 heteroatoms. The molecule has 32 heavy (non-hydrogen) atoms. The molecule has 1 aromatic heterocycles. The Balaban J connectivity index is 1.58. The number of carbonyl (C=O) groups excluding carboxylic acids is 2. The second-order valence-corrected chi connectivity index (χ2v) is 7.48. The molecule has 0 bridgehead atoms. The fourth-order valence-corrected chi connectivity index (χ4v) is 3.40. The average Bonchev–Trinajstić information content (AvgIpc) is 3.29. The highest BCUT2D eigenvalue weighted by atomic mass is 79.9. The van der Waals surface area contributed by atoms with Gasteiger partial charge in [-0.25, -0.2) is 9.67 Å². The van der Waals surface area contributed by atoms with Gasteiger partial charge in [0.25, 0.3) is 5.91 Å². The number of amides is 2. The van der Waals surface area contributed by atoms with E-state index in [-0.39, 0.29) is 5.82 Å². The van der Waals surface area contributed by atoms with Gasteiger partial charge in [0, 0.05) is 10.0 Å². The quantitative estimate of drug-likeness (QED) is 0.414. The van der Waals surface area contributed by atoms with Crippen LogP contribution in [-0.4, -0.2) is 33.7 Å². The number of nitrogens with zero attached hydrogens (tertiary/aromatic N) is 3. The minimum atomic E-state index is -0.649. The first-order valence-electron chi connectivity index (χ1n) is 9.59. The number of halogens is 1. The van der Waals surface area contributed by atoms with Crippen molar-refractivity contribution in [1.29, 1.82) is 0 Å². The third-order valence-electron chi connectivity index (χ3n) is 4.55. The minimum Gasteiger partial charge on any atom is -0.497 e. The molecular formula is C23H18BrN5O3. The van der Waals surface area contributed by atoms with Crippen molar-refractivity contribution in [3.05, 3.63) is 94.7 Å². The normalized spacial score (nSPS) is 10.4. The number of para-hydroxylation sites is 1. The maximum absolute atomic E-state index is 12.7. The highest BCUT2D eigenvalue weighted by molar-refractivity contribution is 9.10. The van der Waals surface area contributed by atoms with Crippen LogP contribution >= 0.6 is 15.9 Å². The largest absolute Gasteiger partial charge is 0.497 e. The molecule has 4 rings (SSSR count). The maximum atomic E-state index is 12.7. The van der Waals surface area contributed by atoms with Gasteiger partial charge in [0.05, 0.1) is 18.4 Å². The number of aromatic nitrogens is 3. The summed E-state index contributed by atoms with van der Waals surface area (Å²) in [5.74, 6) is -0.235. The molecule has 0 aliphatic carbocycles. The minimum absolute atomic E-state index is 0.0854. The van der Waals surface area contributed by atoms with Crippen LogP contribution in [0.3, 0.4) is 0 Å². The number of benzene rings is 3. The van der Waals surface area contributed by atoms with Crippen LogP contribution < -0.4 is 15.6 Å². The molecule has 0 aliphatic rings. The Morgan fingerprint density at radius 2 is 1.56 bits per heavy atom. The first kappa shape index (κ1) is 21.3.